The van der Waals surface area contributed by atoms with Crippen LogP contribution in [0.1, 0.15) is 17.0 Å². The molecule has 0 fully saturated rings. The Kier molecular flexibility index (Phi) is 4.34. The van der Waals surface area contributed by atoms with Gasteiger partial charge in [-0.3, -0.25) is 0 Å². The normalized spacial score (nSPS) is 12.4. The highest BCUT2D eigenvalue weighted by molar-refractivity contribution is 6.31. The zero-order chi connectivity index (χ0) is 13.0. The lowest BCUT2D eigenvalue weighted by Gasteiger charge is -2.16. The first-order valence-electron chi connectivity index (χ1n) is 5.80. The van der Waals surface area contributed by atoms with Crippen LogP contribution in [0.25, 0.3) is 0 Å². The Morgan fingerprint density at radius 3 is 2.33 bits per heavy atom. The molecule has 0 saturated heterocycles. The van der Waals surface area contributed by atoms with Crippen LogP contribution in [0.4, 0.5) is 4.39 Å². The van der Waals surface area contributed by atoms with Crippen molar-refractivity contribution in [2.45, 2.75) is 12.3 Å². The van der Waals surface area contributed by atoms with E-state index in [9.17, 15) is 9.50 Å². The van der Waals surface area contributed by atoms with Crippen molar-refractivity contribution in [1.82, 2.24) is 0 Å². The number of aliphatic hydroxyl groups is 1. The maximum Gasteiger partial charge on any atom is 0.123 e. The highest BCUT2D eigenvalue weighted by Gasteiger charge is 2.14. The van der Waals surface area contributed by atoms with Crippen LogP contribution >= 0.6 is 11.6 Å². The number of rotatable bonds is 4. The first-order chi connectivity index (χ1) is 8.70. The van der Waals surface area contributed by atoms with Gasteiger partial charge in [-0.1, -0.05) is 41.9 Å². The maximum atomic E-state index is 12.8. The van der Waals surface area contributed by atoms with E-state index in [4.69, 9.17) is 11.6 Å². The standard InChI is InChI=1S/C15H14ClFO/c16-15-4-2-1-3-14(15)12(10-18)9-11-5-7-13(17)8-6-11/h1-8,12,18H,9-10H2. The van der Waals surface area contributed by atoms with E-state index in [0.29, 0.717) is 11.4 Å². The fraction of sp³-hybridized carbons (Fsp3) is 0.200. The van der Waals surface area contributed by atoms with E-state index in [1.54, 1.807) is 12.1 Å². The molecule has 0 spiro atoms. The summed E-state index contributed by atoms with van der Waals surface area (Å²) in [5.74, 6) is -0.318. The summed E-state index contributed by atoms with van der Waals surface area (Å²) in [4.78, 5) is 0. The van der Waals surface area contributed by atoms with Crippen LogP contribution < -0.4 is 0 Å². The van der Waals surface area contributed by atoms with Crippen LogP contribution in [0.3, 0.4) is 0 Å². The molecule has 0 saturated carbocycles. The van der Waals surface area contributed by atoms with E-state index in [1.165, 1.54) is 12.1 Å². The lowest BCUT2D eigenvalue weighted by Crippen LogP contribution is -2.08. The van der Waals surface area contributed by atoms with Crippen molar-refractivity contribution in [3.05, 3.63) is 70.5 Å². The van der Waals surface area contributed by atoms with Gasteiger partial charge in [0.1, 0.15) is 5.82 Å². The Bertz CT molecular complexity index is 510. The van der Waals surface area contributed by atoms with Gasteiger partial charge in [0.25, 0.3) is 0 Å². The predicted molar refractivity (Wildman–Crippen MR) is 71.4 cm³/mol. The Balaban J connectivity index is 2.20. The van der Waals surface area contributed by atoms with Crippen molar-refractivity contribution in [2.24, 2.45) is 0 Å². The Hall–Kier alpha value is -1.38. The molecule has 0 amide bonds. The number of benzene rings is 2. The molecule has 2 rings (SSSR count). The molecule has 0 aromatic heterocycles. The largest absolute Gasteiger partial charge is 0.396 e. The van der Waals surface area contributed by atoms with Gasteiger partial charge in [-0.2, -0.15) is 0 Å². The van der Waals surface area contributed by atoms with Gasteiger partial charge in [-0.15, -0.1) is 0 Å². The average molecular weight is 265 g/mol. The van der Waals surface area contributed by atoms with Gasteiger partial charge in [0.2, 0.25) is 0 Å². The van der Waals surface area contributed by atoms with Gasteiger partial charge < -0.3 is 5.11 Å². The molecule has 1 nitrogen and oxygen atoms in total. The van der Waals surface area contributed by atoms with Crippen molar-refractivity contribution >= 4 is 11.6 Å². The van der Waals surface area contributed by atoms with E-state index in [2.05, 4.69) is 0 Å². The predicted octanol–water partition coefficient (Wildman–Crippen LogP) is 3.80. The van der Waals surface area contributed by atoms with Gasteiger partial charge in [0, 0.05) is 10.9 Å². The molecule has 3 heteroatoms. The number of aliphatic hydroxyl groups excluding tert-OH is 1. The molecule has 1 unspecified atom stereocenters. The minimum absolute atomic E-state index is 0.0150. The van der Waals surface area contributed by atoms with Crippen molar-refractivity contribution < 1.29 is 9.50 Å². The van der Waals surface area contributed by atoms with E-state index in [-0.39, 0.29) is 18.3 Å². The smallest absolute Gasteiger partial charge is 0.123 e. The molecular weight excluding hydrogens is 251 g/mol. The van der Waals surface area contributed by atoms with Crippen LogP contribution in [0.5, 0.6) is 0 Å². The van der Waals surface area contributed by atoms with E-state index in [0.717, 1.165) is 11.1 Å². The molecule has 0 heterocycles. The molecule has 0 aliphatic rings. The van der Waals surface area contributed by atoms with Gasteiger partial charge in [-0.25, -0.2) is 4.39 Å². The summed E-state index contributed by atoms with van der Waals surface area (Å²) in [6.07, 6.45) is 0.639. The second-order valence-electron chi connectivity index (χ2n) is 4.23. The number of halogens is 2. The fourth-order valence-corrected chi connectivity index (χ4v) is 2.27. The molecule has 2 aromatic rings. The summed E-state index contributed by atoms with van der Waals surface area (Å²) in [7, 11) is 0. The third kappa shape index (κ3) is 3.09. The molecule has 0 bridgehead atoms. The van der Waals surface area contributed by atoms with Gasteiger partial charge in [-0.05, 0) is 35.7 Å². The molecule has 0 aliphatic heterocycles. The number of hydrogen-bond acceptors (Lipinski definition) is 1. The van der Waals surface area contributed by atoms with Crippen LogP contribution in [0.15, 0.2) is 48.5 Å². The van der Waals surface area contributed by atoms with Gasteiger partial charge >= 0.3 is 0 Å². The Labute approximate surface area is 111 Å². The van der Waals surface area contributed by atoms with Crippen molar-refractivity contribution in [1.29, 1.82) is 0 Å². The van der Waals surface area contributed by atoms with Gasteiger partial charge in [0.15, 0.2) is 0 Å². The topological polar surface area (TPSA) is 20.2 Å². The van der Waals surface area contributed by atoms with Crippen LogP contribution in [-0.2, 0) is 6.42 Å². The molecule has 1 atom stereocenters. The molecule has 2 aromatic carbocycles. The minimum atomic E-state index is -0.253. The van der Waals surface area contributed by atoms with Crippen molar-refractivity contribution in [3.8, 4) is 0 Å². The van der Waals surface area contributed by atoms with Crippen molar-refractivity contribution in [2.75, 3.05) is 6.61 Å². The fourth-order valence-electron chi connectivity index (χ4n) is 1.98. The Morgan fingerprint density at radius 2 is 1.72 bits per heavy atom. The zero-order valence-corrected chi connectivity index (χ0v) is 10.6. The van der Waals surface area contributed by atoms with Gasteiger partial charge in [0.05, 0.1) is 6.61 Å². The molecule has 0 radical (unpaired) electrons. The van der Waals surface area contributed by atoms with Crippen molar-refractivity contribution in [3.63, 3.8) is 0 Å². The monoisotopic (exact) mass is 264 g/mol. The van der Waals surface area contributed by atoms with Crippen LogP contribution in [0, 0.1) is 5.82 Å². The lowest BCUT2D eigenvalue weighted by atomic mass is 9.92. The first-order valence-corrected chi connectivity index (χ1v) is 6.18. The first kappa shape index (κ1) is 13.1. The third-order valence-corrected chi connectivity index (χ3v) is 3.31. The summed E-state index contributed by atoms with van der Waals surface area (Å²) in [6.45, 7) is 0.0150. The lowest BCUT2D eigenvalue weighted by molar-refractivity contribution is 0.264. The SMILES string of the molecule is OCC(Cc1ccc(F)cc1)c1ccccc1Cl. The van der Waals surface area contributed by atoms with Crippen LogP contribution in [-0.4, -0.2) is 11.7 Å². The highest BCUT2D eigenvalue weighted by Crippen LogP contribution is 2.27. The highest BCUT2D eigenvalue weighted by atomic mass is 35.5. The summed E-state index contributed by atoms with van der Waals surface area (Å²) in [6, 6.07) is 13.8. The third-order valence-electron chi connectivity index (χ3n) is 2.96. The maximum absolute atomic E-state index is 12.8. The zero-order valence-electron chi connectivity index (χ0n) is 9.81. The molecular formula is C15H14ClFO. The second kappa shape index (κ2) is 5.98. The van der Waals surface area contributed by atoms with Crippen LogP contribution in [0.2, 0.25) is 5.02 Å². The molecule has 18 heavy (non-hydrogen) atoms. The van der Waals surface area contributed by atoms with E-state index < -0.39 is 0 Å². The summed E-state index contributed by atoms with van der Waals surface area (Å²) >= 11 is 6.12. The number of hydrogen-bond donors (Lipinski definition) is 1. The molecule has 1 N–H and O–H groups in total. The minimum Gasteiger partial charge on any atom is -0.396 e. The molecule has 0 aliphatic carbocycles. The summed E-state index contributed by atoms with van der Waals surface area (Å²) < 4.78 is 12.8. The molecule has 94 valence electrons. The Morgan fingerprint density at radius 1 is 1.06 bits per heavy atom. The average Bonchev–Trinajstić information content (AvgIpc) is 2.39. The van der Waals surface area contributed by atoms with E-state index in [1.807, 2.05) is 24.3 Å². The quantitative estimate of drug-likeness (QED) is 0.891. The summed E-state index contributed by atoms with van der Waals surface area (Å²) in [5.41, 5.74) is 1.90. The summed E-state index contributed by atoms with van der Waals surface area (Å²) in [5, 5.41) is 10.1. The van der Waals surface area contributed by atoms with E-state index >= 15 is 0 Å². The second-order valence-corrected chi connectivity index (χ2v) is 4.64.